The number of carbonyl (C=O) groups excluding carboxylic acids is 2. The third-order valence-electron chi connectivity index (χ3n) is 4.81. The van der Waals surface area contributed by atoms with Crippen LogP contribution in [-0.4, -0.2) is 39.4 Å². The van der Waals surface area contributed by atoms with Gasteiger partial charge in [-0.3, -0.25) is 9.59 Å². The summed E-state index contributed by atoms with van der Waals surface area (Å²) in [5.41, 5.74) is 1.39. The van der Waals surface area contributed by atoms with E-state index in [2.05, 4.69) is 15.5 Å². The van der Waals surface area contributed by atoms with E-state index in [-0.39, 0.29) is 18.2 Å². The van der Waals surface area contributed by atoms with Crippen LogP contribution in [0.15, 0.2) is 39.5 Å². The molecule has 1 aliphatic rings. The number of nitrogens with one attached hydrogen (secondary N) is 1. The molecule has 1 aliphatic heterocycles. The van der Waals surface area contributed by atoms with Crippen LogP contribution in [0.25, 0.3) is 11.4 Å². The molecular formula is C20H18Cl2N4O3S. The van der Waals surface area contributed by atoms with Gasteiger partial charge in [0.25, 0.3) is 0 Å². The molecule has 0 aliphatic carbocycles. The number of rotatable bonds is 6. The summed E-state index contributed by atoms with van der Waals surface area (Å²) in [5.74, 6) is 0.541. The molecule has 1 N–H and O–H groups in total. The standard InChI is InChI=1S/C20H18Cl2N4O3S/c21-13-8-14(22)10-15(9-13)23-20(28)16-2-1-6-26(16)18(27)4-3-17-24-19(25-29-17)12-5-7-30-11-12/h5,7-11,16H,1-4,6H2,(H,23,28). The third-order valence-corrected chi connectivity index (χ3v) is 5.93. The number of aromatic nitrogens is 2. The Morgan fingerprint density at radius 3 is 2.80 bits per heavy atom. The zero-order valence-electron chi connectivity index (χ0n) is 15.8. The Labute approximate surface area is 187 Å². The smallest absolute Gasteiger partial charge is 0.247 e. The Kier molecular flexibility index (Phi) is 6.36. The summed E-state index contributed by atoms with van der Waals surface area (Å²) >= 11 is 13.5. The molecule has 156 valence electrons. The molecule has 1 unspecified atom stereocenters. The van der Waals surface area contributed by atoms with Crippen LogP contribution in [-0.2, 0) is 16.0 Å². The summed E-state index contributed by atoms with van der Waals surface area (Å²) in [6.07, 6.45) is 1.89. The Balaban J connectivity index is 1.35. The van der Waals surface area contributed by atoms with Crippen LogP contribution in [0.4, 0.5) is 5.69 Å². The van der Waals surface area contributed by atoms with Gasteiger partial charge in [0.2, 0.25) is 23.5 Å². The predicted octanol–water partition coefficient (Wildman–Crippen LogP) is 4.67. The molecule has 2 amide bonds. The number of nitrogens with zero attached hydrogens (tertiary/aromatic N) is 3. The van der Waals surface area contributed by atoms with Crippen molar-refractivity contribution in [2.24, 2.45) is 0 Å². The summed E-state index contributed by atoms with van der Waals surface area (Å²) in [4.78, 5) is 31.4. The van der Waals surface area contributed by atoms with E-state index in [1.807, 2.05) is 16.8 Å². The highest BCUT2D eigenvalue weighted by molar-refractivity contribution is 7.08. The molecule has 1 aromatic carbocycles. The topological polar surface area (TPSA) is 88.3 Å². The number of hydrogen-bond donors (Lipinski definition) is 1. The van der Waals surface area contributed by atoms with Crippen molar-refractivity contribution < 1.29 is 14.1 Å². The number of carbonyl (C=O) groups is 2. The lowest BCUT2D eigenvalue weighted by Gasteiger charge is -2.24. The maximum atomic E-state index is 12.7. The van der Waals surface area contributed by atoms with Crippen LogP contribution < -0.4 is 5.32 Å². The van der Waals surface area contributed by atoms with E-state index in [9.17, 15) is 9.59 Å². The molecule has 30 heavy (non-hydrogen) atoms. The lowest BCUT2D eigenvalue weighted by molar-refractivity contribution is -0.136. The van der Waals surface area contributed by atoms with Crippen LogP contribution in [0, 0.1) is 0 Å². The first-order valence-electron chi connectivity index (χ1n) is 9.41. The van der Waals surface area contributed by atoms with Crippen LogP contribution in [0.1, 0.15) is 25.2 Å². The van der Waals surface area contributed by atoms with E-state index in [1.54, 1.807) is 34.4 Å². The molecule has 1 saturated heterocycles. The van der Waals surface area contributed by atoms with Gasteiger partial charge < -0.3 is 14.7 Å². The molecule has 7 nitrogen and oxygen atoms in total. The second-order valence-corrected chi connectivity index (χ2v) is 8.57. The molecule has 1 atom stereocenters. The summed E-state index contributed by atoms with van der Waals surface area (Å²) in [6.45, 7) is 0.539. The first kappa shape index (κ1) is 20.8. The number of halogens is 2. The number of hydrogen-bond acceptors (Lipinski definition) is 6. The van der Waals surface area contributed by atoms with Gasteiger partial charge in [-0.15, -0.1) is 0 Å². The van der Waals surface area contributed by atoms with Crippen molar-refractivity contribution in [1.82, 2.24) is 15.0 Å². The van der Waals surface area contributed by atoms with Crippen LogP contribution in [0.2, 0.25) is 10.0 Å². The maximum absolute atomic E-state index is 12.7. The van der Waals surface area contributed by atoms with Gasteiger partial charge in [0.1, 0.15) is 6.04 Å². The van der Waals surface area contributed by atoms with Crippen molar-refractivity contribution in [1.29, 1.82) is 0 Å². The lowest BCUT2D eigenvalue weighted by atomic mass is 10.2. The Morgan fingerprint density at radius 2 is 2.07 bits per heavy atom. The molecule has 2 aromatic heterocycles. The van der Waals surface area contributed by atoms with Crippen molar-refractivity contribution >= 4 is 52.0 Å². The molecule has 1 fully saturated rings. The molecule has 3 heterocycles. The van der Waals surface area contributed by atoms with Gasteiger partial charge in [-0.2, -0.15) is 16.3 Å². The van der Waals surface area contributed by atoms with Gasteiger partial charge in [-0.25, -0.2) is 0 Å². The number of amides is 2. The first-order chi connectivity index (χ1) is 14.5. The summed E-state index contributed by atoms with van der Waals surface area (Å²) in [7, 11) is 0. The first-order valence-corrected chi connectivity index (χ1v) is 11.1. The van der Waals surface area contributed by atoms with Gasteiger partial charge in [-0.05, 0) is 42.5 Å². The molecule has 4 rings (SSSR count). The minimum Gasteiger partial charge on any atom is -0.339 e. The van der Waals surface area contributed by atoms with Gasteiger partial charge >= 0.3 is 0 Å². The normalized spacial score (nSPS) is 16.1. The number of benzene rings is 1. The van der Waals surface area contributed by atoms with E-state index >= 15 is 0 Å². The van der Waals surface area contributed by atoms with Gasteiger partial charge in [-0.1, -0.05) is 28.4 Å². The fourth-order valence-electron chi connectivity index (χ4n) is 3.41. The molecule has 0 bridgehead atoms. The van der Waals surface area contributed by atoms with Crippen molar-refractivity contribution in [2.45, 2.75) is 31.7 Å². The number of likely N-dealkylation sites (tertiary alicyclic amines) is 1. The second-order valence-electron chi connectivity index (χ2n) is 6.92. The average Bonchev–Trinajstić information content (AvgIpc) is 3.46. The molecule has 0 saturated carbocycles. The summed E-state index contributed by atoms with van der Waals surface area (Å²) < 4.78 is 5.25. The number of thiophene rings is 1. The molecule has 0 spiro atoms. The Morgan fingerprint density at radius 1 is 1.27 bits per heavy atom. The Bertz CT molecular complexity index is 1030. The van der Waals surface area contributed by atoms with Crippen LogP contribution >= 0.6 is 34.5 Å². The van der Waals surface area contributed by atoms with Crippen molar-refractivity contribution in [3.8, 4) is 11.4 Å². The number of aryl methyl sites for hydroxylation is 1. The quantitative estimate of drug-likeness (QED) is 0.572. The average molecular weight is 465 g/mol. The van der Waals surface area contributed by atoms with Crippen LogP contribution in [0.5, 0.6) is 0 Å². The van der Waals surface area contributed by atoms with E-state index in [0.717, 1.165) is 12.0 Å². The third kappa shape index (κ3) is 4.83. The van der Waals surface area contributed by atoms with E-state index in [4.69, 9.17) is 27.7 Å². The summed E-state index contributed by atoms with van der Waals surface area (Å²) in [6, 6.07) is 6.20. The van der Waals surface area contributed by atoms with Crippen molar-refractivity contribution in [3.63, 3.8) is 0 Å². The highest BCUT2D eigenvalue weighted by atomic mass is 35.5. The molecule has 3 aromatic rings. The lowest BCUT2D eigenvalue weighted by Crippen LogP contribution is -2.43. The van der Waals surface area contributed by atoms with E-state index < -0.39 is 6.04 Å². The van der Waals surface area contributed by atoms with Gasteiger partial charge in [0.05, 0.1) is 0 Å². The fourth-order valence-corrected chi connectivity index (χ4v) is 4.57. The molecule has 10 heteroatoms. The van der Waals surface area contributed by atoms with Crippen molar-refractivity contribution in [3.05, 3.63) is 51.0 Å². The number of anilines is 1. The van der Waals surface area contributed by atoms with Gasteiger partial charge in [0, 0.05) is 46.1 Å². The fraction of sp³-hybridized carbons (Fsp3) is 0.300. The van der Waals surface area contributed by atoms with Crippen LogP contribution in [0.3, 0.4) is 0 Å². The van der Waals surface area contributed by atoms with E-state index in [1.165, 1.54) is 0 Å². The summed E-state index contributed by atoms with van der Waals surface area (Å²) in [5, 5.41) is 11.5. The molecule has 0 radical (unpaired) electrons. The SMILES string of the molecule is O=C(Nc1cc(Cl)cc(Cl)c1)C1CCCN1C(=O)CCc1nc(-c2ccsc2)no1. The predicted molar refractivity (Wildman–Crippen MR) is 116 cm³/mol. The largest absolute Gasteiger partial charge is 0.339 e. The highest BCUT2D eigenvalue weighted by Gasteiger charge is 2.34. The zero-order valence-corrected chi connectivity index (χ0v) is 18.1. The maximum Gasteiger partial charge on any atom is 0.247 e. The minimum absolute atomic E-state index is 0.118. The second kappa shape index (κ2) is 9.16. The Hall–Kier alpha value is -2.42. The molecular weight excluding hydrogens is 447 g/mol. The minimum atomic E-state index is -0.528. The van der Waals surface area contributed by atoms with Gasteiger partial charge in [0.15, 0.2) is 0 Å². The monoisotopic (exact) mass is 464 g/mol. The highest BCUT2D eigenvalue weighted by Crippen LogP contribution is 2.25. The zero-order chi connectivity index (χ0) is 21.1. The van der Waals surface area contributed by atoms with E-state index in [0.29, 0.717) is 46.8 Å². The van der Waals surface area contributed by atoms with Crippen molar-refractivity contribution in [2.75, 3.05) is 11.9 Å².